The van der Waals surface area contributed by atoms with E-state index in [1.54, 1.807) is 0 Å². The lowest BCUT2D eigenvalue weighted by Gasteiger charge is -2.02. The van der Waals surface area contributed by atoms with E-state index < -0.39 is 0 Å². The monoisotopic (exact) mass is 112 g/mol. The van der Waals surface area contributed by atoms with E-state index in [1.165, 1.54) is 4.90 Å². The second-order valence-corrected chi connectivity index (χ2v) is 1.69. The minimum Gasteiger partial charge on any atom is -0.258 e. The molecule has 0 amide bonds. The number of hydrogen-bond acceptors (Lipinski definition) is 0. The highest BCUT2D eigenvalue weighted by atomic mass is 15.1. The van der Waals surface area contributed by atoms with Crippen molar-refractivity contribution in [1.29, 1.82) is 0 Å². The second kappa shape index (κ2) is 4.67. The van der Waals surface area contributed by atoms with Gasteiger partial charge in [-0.2, -0.15) is 0 Å². The van der Waals surface area contributed by atoms with Gasteiger partial charge in [-0.15, -0.1) is 0 Å². The lowest BCUT2D eigenvalue weighted by atomic mass is 10.5. The summed E-state index contributed by atoms with van der Waals surface area (Å²) in [5.41, 5.74) is 0. The van der Waals surface area contributed by atoms with Crippen molar-refractivity contribution in [2.24, 2.45) is 0 Å². The van der Waals surface area contributed by atoms with E-state index in [2.05, 4.69) is 25.8 Å². The Kier molecular flexibility index (Phi) is 4.39. The maximum absolute atomic E-state index is 3.05. The van der Waals surface area contributed by atoms with Gasteiger partial charge in [0.15, 0.2) is 0 Å². The Bertz CT molecular complexity index is 92.7. The number of rotatable bonds is 2. The van der Waals surface area contributed by atoms with E-state index in [1.807, 2.05) is 6.92 Å². The van der Waals surface area contributed by atoms with Gasteiger partial charge in [0.2, 0.25) is 0 Å². The van der Waals surface area contributed by atoms with Crippen molar-refractivity contribution in [3.63, 3.8) is 0 Å². The Morgan fingerprint density at radius 1 is 1.25 bits per heavy atom. The van der Waals surface area contributed by atoms with Gasteiger partial charge in [0, 0.05) is 6.92 Å². The molecule has 0 aromatic rings. The third-order valence-electron chi connectivity index (χ3n) is 1.16. The molecule has 0 bridgehead atoms. The fourth-order valence-corrected chi connectivity index (χ4v) is 0.604. The van der Waals surface area contributed by atoms with Crippen LogP contribution in [0.5, 0.6) is 0 Å². The van der Waals surface area contributed by atoms with Crippen molar-refractivity contribution >= 4 is 0 Å². The first-order valence-corrected chi connectivity index (χ1v) is 3.12. The molecule has 0 rings (SSSR count). The maximum atomic E-state index is 3.05. The summed E-state index contributed by atoms with van der Waals surface area (Å²) < 4.78 is 0. The van der Waals surface area contributed by atoms with Crippen molar-refractivity contribution in [2.45, 2.75) is 20.8 Å². The zero-order valence-corrected chi connectivity index (χ0v) is 5.91. The van der Waals surface area contributed by atoms with Gasteiger partial charge in [-0.25, -0.2) is 0 Å². The number of nitrogens with one attached hydrogen (secondary N) is 1. The molecule has 0 aliphatic carbocycles. The summed E-state index contributed by atoms with van der Waals surface area (Å²) in [6.07, 6.45) is 0. The highest BCUT2D eigenvalue weighted by Crippen LogP contribution is 1.44. The molecular weight excluding hydrogens is 98.1 g/mol. The molecule has 0 aromatic carbocycles. The zero-order valence-electron chi connectivity index (χ0n) is 5.91. The van der Waals surface area contributed by atoms with Gasteiger partial charge < -0.3 is 0 Å². The van der Waals surface area contributed by atoms with E-state index in [9.17, 15) is 0 Å². The molecule has 0 saturated carbocycles. The summed E-state index contributed by atoms with van der Waals surface area (Å²) in [6.45, 7) is 8.38. The summed E-state index contributed by atoms with van der Waals surface area (Å²) in [4.78, 5) is 1.35. The lowest BCUT2D eigenvalue weighted by Crippen LogP contribution is -3.07. The van der Waals surface area contributed by atoms with Gasteiger partial charge in [0.1, 0.15) is 6.04 Å². The molecule has 1 N–H and O–H groups in total. The van der Waals surface area contributed by atoms with Gasteiger partial charge in [0.05, 0.1) is 13.1 Å². The molecule has 0 fully saturated rings. The highest BCUT2D eigenvalue weighted by molar-refractivity contribution is 4.83. The minimum absolute atomic E-state index is 1.11. The molecule has 0 atom stereocenters. The molecule has 0 aliphatic heterocycles. The van der Waals surface area contributed by atoms with E-state index >= 15 is 0 Å². The smallest absolute Gasteiger partial charge is 0.135 e. The molecule has 0 saturated heterocycles. The molecule has 46 valence electrons. The average molecular weight is 112 g/mol. The largest absolute Gasteiger partial charge is 0.258 e. The summed E-state index contributed by atoms with van der Waals surface area (Å²) in [5.74, 6) is 2.88. The minimum atomic E-state index is 1.11. The first-order valence-electron chi connectivity index (χ1n) is 3.12. The Hall–Kier alpha value is -0.480. The van der Waals surface area contributed by atoms with Gasteiger partial charge >= 0.3 is 0 Å². The van der Waals surface area contributed by atoms with Crippen LogP contribution in [0.2, 0.25) is 0 Å². The highest BCUT2D eigenvalue weighted by Gasteiger charge is 1.92. The topological polar surface area (TPSA) is 4.44 Å². The standard InChI is InChI=1S/C7H13N/c1-4-7-8(5-2)6-3/h5-6H2,1-3H3/p+1. The van der Waals surface area contributed by atoms with Crippen molar-refractivity contribution < 1.29 is 4.90 Å². The van der Waals surface area contributed by atoms with Gasteiger partial charge in [-0.1, -0.05) is 0 Å². The molecule has 0 aromatic heterocycles. The fraction of sp³-hybridized carbons (Fsp3) is 0.714. The van der Waals surface area contributed by atoms with Crippen molar-refractivity contribution in [1.82, 2.24) is 0 Å². The zero-order chi connectivity index (χ0) is 6.41. The summed E-state index contributed by atoms with van der Waals surface area (Å²) in [5, 5.41) is 0. The van der Waals surface area contributed by atoms with E-state index in [0.29, 0.717) is 0 Å². The van der Waals surface area contributed by atoms with Crippen LogP contribution < -0.4 is 4.90 Å². The van der Waals surface area contributed by atoms with Crippen LogP contribution in [0, 0.1) is 12.0 Å². The molecule has 0 spiro atoms. The molecule has 8 heavy (non-hydrogen) atoms. The van der Waals surface area contributed by atoms with E-state index in [4.69, 9.17) is 0 Å². The quantitative estimate of drug-likeness (QED) is 0.475. The molecular formula is C7H14N+. The third-order valence-corrected chi connectivity index (χ3v) is 1.16. The average Bonchev–Trinajstić information content (AvgIpc) is 1.83. The number of quaternary nitrogens is 1. The van der Waals surface area contributed by atoms with Crippen LogP contribution >= 0.6 is 0 Å². The third kappa shape index (κ3) is 2.65. The molecule has 0 heterocycles. The Balaban J connectivity index is 3.47. The summed E-state index contributed by atoms with van der Waals surface area (Å²) >= 11 is 0. The predicted molar refractivity (Wildman–Crippen MR) is 35.5 cm³/mol. The van der Waals surface area contributed by atoms with Crippen molar-refractivity contribution in [3.05, 3.63) is 0 Å². The maximum Gasteiger partial charge on any atom is 0.135 e. The SMILES string of the molecule is CC#C[NH+](CC)CC. The summed E-state index contributed by atoms with van der Waals surface area (Å²) in [6, 6.07) is 3.05. The van der Waals surface area contributed by atoms with Crippen LogP contribution in [0.3, 0.4) is 0 Å². The molecule has 1 heteroatoms. The Labute approximate surface area is 51.7 Å². The van der Waals surface area contributed by atoms with Crippen molar-refractivity contribution in [2.75, 3.05) is 13.1 Å². The van der Waals surface area contributed by atoms with Gasteiger partial charge in [-0.3, -0.25) is 4.90 Å². The first kappa shape index (κ1) is 7.52. The Morgan fingerprint density at radius 3 is 1.88 bits per heavy atom. The lowest BCUT2D eigenvalue weighted by molar-refractivity contribution is -0.825. The fourth-order valence-electron chi connectivity index (χ4n) is 0.604. The first-order chi connectivity index (χ1) is 3.85. The molecule has 1 nitrogen and oxygen atoms in total. The second-order valence-electron chi connectivity index (χ2n) is 1.69. The van der Waals surface area contributed by atoms with Crippen LogP contribution in [0.1, 0.15) is 20.8 Å². The molecule has 0 aliphatic rings. The van der Waals surface area contributed by atoms with Crippen LogP contribution in [0.4, 0.5) is 0 Å². The van der Waals surface area contributed by atoms with E-state index in [0.717, 1.165) is 13.1 Å². The number of hydrogen-bond donors (Lipinski definition) is 1. The summed E-state index contributed by atoms with van der Waals surface area (Å²) in [7, 11) is 0. The van der Waals surface area contributed by atoms with Gasteiger partial charge in [-0.05, 0) is 19.8 Å². The van der Waals surface area contributed by atoms with Crippen LogP contribution in [0.15, 0.2) is 0 Å². The van der Waals surface area contributed by atoms with Gasteiger partial charge in [0.25, 0.3) is 0 Å². The van der Waals surface area contributed by atoms with Crippen LogP contribution in [0.25, 0.3) is 0 Å². The molecule has 0 radical (unpaired) electrons. The normalized spacial score (nSPS) is 8.50. The predicted octanol–water partition coefficient (Wildman–Crippen LogP) is -0.108. The Morgan fingerprint density at radius 2 is 1.75 bits per heavy atom. The van der Waals surface area contributed by atoms with Crippen molar-refractivity contribution in [3.8, 4) is 12.0 Å². The van der Waals surface area contributed by atoms with E-state index in [-0.39, 0.29) is 0 Å². The van der Waals surface area contributed by atoms with Crippen LogP contribution in [-0.2, 0) is 0 Å². The van der Waals surface area contributed by atoms with Crippen LogP contribution in [-0.4, -0.2) is 13.1 Å². The molecule has 0 unspecified atom stereocenters.